The van der Waals surface area contributed by atoms with Crippen molar-refractivity contribution in [3.63, 3.8) is 0 Å². The molecule has 1 heterocycles. The van der Waals surface area contributed by atoms with Gasteiger partial charge in [-0.05, 0) is 49.6 Å². The van der Waals surface area contributed by atoms with Crippen molar-refractivity contribution in [1.29, 1.82) is 0 Å². The Kier molecular flexibility index (Phi) is 17.2. The largest absolute Gasteiger partial charge is 0.467 e. The fourth-order valence-corrected chi connectivity index (χ4v) is 5.40. The summed E-state index contributed by atoms with van der Waals surface area (Å²) in [6, 6.07) is 28.0. The van der Waals surface area contributed by atoms with Crippen LogP contribution in [-0.4, -0.2) is 92.6 Å². The molecule has 13 heteroatoms. The second-order valence-electron chi connectivity index (χ2n) is 12.8. The molecule has 0 unspecified atom stereocenters. The summed E-state index contributed by atoms with van der Waals surface area (Å²) in [4.78, 5) is 48.8. The molecule has 13 nitrogen and oxygen atoms in total. The molecule has 4 aromatic carbocycles. The van der Waals surface area contributed by atoms with E-state index in [2.05, 4.69) is 10.3 Å². The van der Waals surface area contributed by atoms with Crippen LogP contribution in [0.5, 0.6) is 0 Å². The Morgan fingerprint density at radius 3 is 1.53 bits per heavy atom. The normalized spacial score (nSPS) is 16.7. The van der Waals surface area contributed by atoms with Crippen molar-refractivity contribution < 1.29 is 49.4 Å². The molecule has 0 fully saturated rings. The zero-order chi connectivity index (χ0) is 40.7. The zero-order valence-electron chi connectivity index (χ0n) is 31.2. The Balaban J connectivity index is 0.000000226. The maximum atomic E-state index is 11.3. The average Bonchev–Trinajstić information content (AvgIpc) is 3.64. The highest BCUT2D eigenvalue weighted by atomic mass is 16.5. The number of Topliss-reactive ketones (excluding diaryl/α,β-unsaturated/α-hetero) is 3. The summed E-state index contributed by atoms with van der Waals surface area (Å²) in [6.45, 7) is 5.05. The molecule has 6 atom stereocenters. The van der Waals surface area contributed by atoms with Crippen molar-refractivity contribution in [2.24, 2.45) is 10.7 Å². The number of rotatable bonds is 13. The summed E-state index contributed by atoms with van der Waals surface area (Å²) in [5, 5.41) is 49.6. The highest BCUT2D eigenvalue weighted by Gasteiger charge is 2.32. The molecule has 0 aromatic heterocycles. The van der Waals surface area contributed by atoms with Crippen molar-refractivity contribution in [3.8, 4) is 0 Å². The van der Waals surface area contributed by atoms with E-state index in [0.717, 1.165) is 11.1 Å². The average molecular weight is 756 g/mol. The molecule has 1 amide bonds. The van der Waals surface area contributed by atoms with E-state index in [-0.39, 0.29) is 55.2 Å². The summed E-state index contributed by atoms with van der Waals surface area (Å²) in [6.07, 6.45) is -2.25. The zero-order valence-corrected chi connectivity index (χ0v) is 31.2. The van der Waals surface area contributed by atoms with Gasteiger partial charge in [-0.3, -0.25) is 19.2 Å². The summed E-state index contributed by atoms with van der Waals surface area (Å²) < 4.78 is 5.94. The van der Waals surface area contributed by atoms with Crippen LogP contribution in [0.25, 0.3) is 0 Å². The van der Waals surface area contributed by atoms with E-state index in [1.54, 1.807) is 60.7 Å². The van der Waals surface area contributed by atoms with Crippen LogP contribution >= 0.6 is 0 Å². The summed E-state index contributed by atoms with van der Waals surface area (Å²) >= 11 is 0. The van der Waals surface area contributed by atoms with Crippen molar-refractivity contribution in [2.75, 3.05) is 19.8 Å². The third kappa shape index (κ3) is 12.9. The van der Waals surface area contributed by atoms with E-state index in [9.17, 15) is 34.5 Å². The van der Waals surface area contributed by atoms with Gasteiger partial charge in [-0.15, -0.1) is 0 Å². The summed E-state index contributed by atoms with van der Waals surface area (Å²) in [7, 11) is 0. The number of ketones is 3. The maximum Gasteiger partial charge on any atom is 0.217 e. The lowest BCUT2D eigenvalue weighted by Crippen LogP contribution is -2.40. The number of aliphatic hydroxyl groups excluding tert-OH is 5. The Morgan fingerprint density at radius 2 is 1.13 bits per heavy atom. The molecule has 4 aromatic rings. The predicted molar refractivity (Wildman–Crippen MR) is 207 cm³/mol. The molecule has 1 aliphatic heterocycles. The van der Waals surface area contributed by atoms with Gasteiger partial charge in [-0.25, -0.2) is 4.99 Å². The van der Waals surface area contributed by atoms with Crippen molar-refractivity contribution in [3.05, 3.63) is 142 Å². The van der Waals surface area contributed by atoms with Crippen LogP contribution in [0.4, 0.5) is 0 Å². The van der Waals surface area contributed by atoms with Gasteiger partial charge in [0.2, 0.25) is 11.8 Å². The molecule has 8 N–H and O–H groups in total. The number of amides is 1. The Hall–Kier alpha value is -5.41. The van der Waals surface area contributed by atoms with Gasteiger partial charge in [-0.1, -0.05) is 91.0 Å². The number of carbonyl (C=O) groups is 4. The second-order valence-corrected chi connectivity index (χ2v) is 12.8. The third-order valence-corrected chi connectivity index (χ3v) is 8.63. The smallest absolute Gasteiger partial charge is 0.217 e. The molecule has 292 valence electrons. The number of aliphatic hydroxyl groups is 5. The third-order valence-electron chi connectivity index (χ3n) is 8.63. The Morgan fingerprint density at radius 1 is 0.673 bits per heavy atom. The molecule has 0 saturated carbocycles. The number of nitrogens with zero attached hydrogens (tertiary/aromatic N) is 1. The number of benzene rings is 4. The monoisotopic (exact) mass is 755 g/mol. The first-order chi connectivity index (χ1) is 26.2. The molecular formula is C42H49N3O10. The van der Waals surface area contributed by atoms with Gasteiger partial charge < -0.3 is 41.3 Å². The van der Waals surface area contributed by atoms with E-state index >= 15 is 0 Å². The van der Waals surface area contributed by atoms with Gasteiger partial charge in [-0.2, -0.15) is 0 Å². The number of carbonyl (C=O) groups excluding carboxylic acids is 4. The molecule has 0 saturated heterocycles. The number of nitrogens with two attached hydrogens (primary N) is 1. The van der Waals surface area contributed by atoms with Crippen molar-refractivity contribution in [2.45, 2.75) is 64.1 Å². The van der Waals surface area contributed by atoms with Crippen LogP contribution < -0.4 is 11.1 Å². The number of hydrogen-bond acceptors (Lipinski definition) is 12. The van der Waals surface area contributed by atoms with Crippen molar-refractivity contribution in [1.82, 2.24) is 5.32 Å². The van der Waals surface area contributed by atoms with Gasteiger partial charge in [0.15, 0.2) is 23.5 Å². The number of hydrogen-bond donors (Lipinski definition) is 7. The highest BCUT2D eigenvalue weighted by Crippen LogP contribution is 2.31. The van der Waals surface area contributed by atoms with Crippen LogP contribution in [0, 0.1) is 0 Å². The van der Waals surface area contributed by atoms with Crippen LogP contribution in [0.15, 0.2) is 108 Å². The lowest BCUT2D eigenvalue weighted by Gasteiger charge is -2.22. The summed E-state index contributed by atoms with van der Waals surface area (Å²) in [5.74, 6) is 0.159. The molecule has 0 bridgehead atoms. The maximum absolute atomic E-state index is 11.3. The molecule has 5 rings (SSSR count). The fraction of sp³-hybridized carbons (Fsp3) is 0.310. The van der Waals surface area contributed by atoms with Gasteiger partial charge >= 0.3 is 0 Å². The van der Waals surface area contributed by atoms with Crippen LogP contribution in [0.1, 0.15) is 99.3 Å². The lowest BCUT2D eigenvalue weighted by atomic mass is 10.0. The van der Waals surface area contributed by atoms with Gasteiger partial charge in [0, 0.05) is 29.2 Å². The van der Waals surface area contributed by atoms with E-state index in [1.807, 2.05) is 42.5 Å². The first-order valence-corrected chi connectivity index (χ1v) is 17.5. The van der Waals surface area contributed by atoms with E-state index < -0.39 is 24.3 Å². The molecule has 55 heavy (non-hydrogen) atoms. The SMILES string of the molecule is CC(=O)N[C@H](CO)[C@H](O)c1ccc(C(C)=O)cc1.CC(=O)c1ccc([C@@H](O)[C@H](N)CO)cc1.CC(=O)c1ccc([C@H]2OC(c3ccccc3)=N[C@@H]2CO)cc1. The molecule has 1 aliphatic rings. The molecule has 0 spiro atoms. The Labute approximate surface area is 320 Å². The van der Waals surface area contributed by atoms with Gasteiger partial charge in [0.05, 0.1) is 38.0 Å². The van der Waals surface area contributed by atoms with E-state index in [0.29, 0.717) is 33.7 Å². The lowest BCUT2D eigenvalue weighted by molar-refractivity contribution is -0.121. The summed E-state index contributed by atoms with van der Waals surface area (Å²) in [5.41, 5.74) is 10.2. The minimum Gasteiger partial charge on any atom is -0.467 e. The predicted octanol–water partition coefficient (Wildman–Crippen LogP) is 3.43. The van der Waals surface area contributed by atoms with Gasteiger partial charge in [0.1, 0.15) is 12.1 Å². The minimum absolute atomic E-state index is 0.0255. The second kappa shape index (κ2) is 21.5. The molecular weight excluding hydrogens is 706 g/mol. The van der Waals surface area contributed by atoms with Crippen LogP contribution in [0.3, 0.4) is 0 Å². The van der Waals surface area contributed by atoms with Gasteiger partial charge in [0.25, 0.3) is 0 Å². The van der Waals surface area contributed by atoms with Crippen LogP contribution in [-0.2, 0) is 9.53 Å². The van der Waals surface area contributed by atoms with E-state index in [1.165, 1.54) is 27.7 Å². The standard InChI is InChI=1S/C18H17NO3.C13H17NO4.C11H15NO3/c1-12(21)13-7-9-14(10-8-13)17-16(11-20)19-18(22-17)15-5-3-2-4-6-15;1-8(16)10-3-5-11(6-4-10)13(18)12(7-15)14-9(2)17;1-7(14)8-2-4-9(5-3-8)11(15)10(12)6-13/h2-10,16-17,20H,11H2,1H3;3-6,12-13,15,18H,7H2,1-2H3,(H,14,17);2-5,10-11,13,15H,6,12H2,1H3/t16-,17-;12-,13-;10-,11-/m111/s1. The first kappa shape index (κ1) is 44.0. The number of aliphatic imine (C=N–C) groups is 1. The topological polar surface area (TPSA) is 229 Å². The number of nitrogens with one attached hydrogen (secondary N) is 1. The molecule has 0 aliphatic carbocycles. The highest BCUT2D eigenvalue weighted by molar-refractivity contribution is 5.96. The first-order valence-electron chi connectivity index (χ1n) is 17.5. The quantitative estimate of drug-likeness (QED) is 0.0978. The van der Waals surface area contributed by atoms with Crippen LogP contribution in [0.2, 0.25) is 0 Å². The molecule has 0 radical (unpaired) electrons. The minimum atomic E-state index is -1.01. The Bertz CT molecular complexity index is 1880. The number of ether oxygens (including phenoxy) is 1. The fourth-order valence-electron chi connectivity index (χ4n) is 5.40. The van der Waals surface area contributed by atoms with Crippen molar-refractivity contribution >= 4 is 29.2 Å². The van der Waals surface area contributed by atoms with E-state index in [4.69, 9.17) is 20.7 Å².